The van der Waals surface area contributed by atoms with Gasteiger partial charge < -0.3 is 0 Å². The maximum atomic E-state index is 8.82. The Kier molecular flexibility index (Phi) is 3.45. The van der Waals surface area contributed by atoms with Gasteiger partial charge in [0.15, 0.2) is 0 Å². The summed E-state index contributed by atoms with van der Waals surface area (Å²) in [6.45, 7) is 2.15. The summed E-state index contributed by atoms with van der Waals surface area (Å²) in [6, 6.07) is 2.14. The van der Waals surface area contributed by atoms with Crippen molar-refractivity contribution in [1.29, 1.82) is 5.26 Å². The van der Waals surface area contributed by atoms with Gasteiger partial charge in [0.05, 0.1) is 0 Å². The summed E-state index contributed by atoms with van der Waals surface area (Å²) >= 11 is 0. The van der Waals surface area contributed by atoms with E-state index >= 15 is 0 Å². The molecule has 0 heterocycles. The van der Waals surface area contributed by atoms with Crippen LogP contribution < -0.4 is 0 Å². The molecule has 2 nitrogen and oxygen atoms in total. The Morgan fingerprint density at radius 1 is 1.46 bits per heavy atom. The maximum Gasteiger partial charge on any atom is 0.118 e. The van der Waals surface area contributed by atoms with Crippen LogP contribution in [0.4, 0.5) is 0 Å². The lowest BCUT2D eigenvalue weighted by Gasteiger charge is -2.11. The predicted octanol–water partition coefficient (Wildman–Crippen LogP) is 2.35. The van der Waals surface area contributed by atoms with Crippen LogP contribution in [0, 0.1) is 23.2 Å². The second kappa shape index (κ2) is 4.61. The fourth-order valence-corrected chi connectivity index (χ4v) is 1.51. The van der Waals surface area contributed by atoms with Crippen LogP contribution in [0.1, 0.15) is 13.3 Å². The Bertz CT molecular complexity index is 292. The normalized spacial score (nSPS) is 28.2. The summed E-state index contributed by atoms with van der Waals surface area (Å²) in [6.07, 6.45) is 9.21. The van der Waals surface area contributed by atoms with Gasteiger partial charge in [-0.2, -0.15) is 5.26 Å². The van der Waals surface area contributed by atoms with E-state index in [1.54, 1.807) is 7.05 Å². The van der Waals surface area contributed by atoms with Crippen LogP contribution in [0.15, 0.2) is 29.3 Å². The average molecular weight is 174 g/mol. The summed E-state index contributed by atoms with van der Waals surface area (Å²) < 4.78 is 0. The molecule has 2 atom stereocenters. The first kappa shape index (κ1) is 9.73. The monoisotopic (exact) mass is 174 g/mol. The molecule has 0 spiro atoms. The van der Waals surface area contributed by atoms with Gasteiger partial charge in [0.1, 0.15) is 11.8 Å². The molecular weight excluding hydrogens is 160 g/mol. The van der Waals surface area contributed by atoms with Crippen molar-refractivity contribution < 1.29 is 0 Å². The van der Waals surface area contributed by atoms with E-state index in [4.69, 9.17) is 5.26 Å². The standard InChI is InChI=1S/C11H14N2/c1-9-5-3-4-6-10(7-9)11(8-12)13-2/h3-6,9-10H,7H2,1-2H3/t9?,10-/m0/s1. The van der Waals surface area contributed by atoms with Crippen LogP contribution in [0.25, 0.3) is 0 Å². The van der Waals surface area contributed by atoms with Gasteiger partial charge in [-0.1, -0.05) is 31.2 Å². The van der Waals surface area contributed by atoms with Gasteiger partial charge in [0.25, 0.3) is 0 Å². The summed E-state index contributed by atoms with van der Waals surface area (Å²) in [5.74, 6) is 0.713. The molecule has 0 saturated heterocycles. The second-order valence-corrected chi connectivity index (χ2v) is 3.31. The molecule has 0 bridgehead atoms. The Labute approximate surface area is 79.3 Å². The van der Waals surface area contributed by atoms with Crippen molar-refractivity contribution >= 4 is 5.71 Å². The molecule has 0 aliphatic heterocycles. The van der Waals surface area contributed by atoms with Gasteiger partial charge in [-0.05, 0) is 12.3 Å². The number of hydrogen-bond acceptors (Lipinski definition) is 2. The lowest BCUT2D eigenvalue weighted by Crippen LogP contribution is -2.12. The third-order valence-corrected chi connectivity index (χ3v) is 2.23. The van der Waals surface area contributed by atoms with Crippen molar-refractivity contribution in [3.63, 3.8) is 0 Å². The van der Waals surface area contributed by atoms with E-state index in [-0.39, 0.29) is 5.92 Å². The fraction of sp³-hybridized carbons (Fsp3) is 0.455. The van der Waals surface area contributed by atoms with Gasteiger partial charge in [-0.15, -0.1) is 0 Å². The van der Waals surface area contributed by atoms with E-state index in [2.05, 4.69) is 24.1 Å². The third kappa shape index (κ3) is 2.55. The predicted molar refractivity (Wildman–Crippen MR) is 54.5 cm³/mol. The van der Waals surface area contributed by atoms with Gasteiger partial charge in [-0.25, -0.2) is 0 Å². The van der Waals surface area contributed by atoms with Crippen LogP contribution >= 0.6 is 0 Å². The van der Waals surface area contributed by atoms with Gasteiger partial charge in [0.2, 0.25) is 0 Å². The van der Waals surface area contributed by atoms with Gasteiger partial charge >= 0.3 is 0 Å². The smallest absolute Gasteiger partial charge is 0.118 e. The summed E-state index contributed by atoms with van der Waals surface area (Å²) in [5.41, 5.74) is 0.631. The van der Waals surface area contributed by atoms with Crippen LogP contribution in [-0.2, 0) is 0 Å². The van der Waals surface area contributed by atoms with E-state index in [0.717, 1.165) is 6.42 Å². The average Bonchev–Trinajstić information content (AvgIpc) is 2.32. The van der Waals surface area contributed by atoms with E-state index in [0.29, 0.717) is 11.6 Å². The molecule has 1 rings (SSSR count). The first-order valence-corrected chi connectivity index (χ1v) is 4.49. The molecule has 0 radical (unpaired) electrons. The van der Waals surface area contributed by atoms with Gasteiger partial charge in [-0.3, -0.25) is 4.99 Å². The molecule has 0 aromatic heterocycles. The summed E-state index contributed by atoms with van der Waals surface area (Å²) in [4.78, 5) is 3.98. The van der Waals surface area contributed by atoms with E-state index < -0.39 is 0 Å². The first-order valence-electron chi connectivity index (χ1n) is 4.49. The fourth-order valence-electron chi connectivity index (χ4n) is 1.51. The second-order valence-electron chi connectivity index (χ2n) is 3.31. The maximum absolute atomic E-state index is 8.82. The number of aliphatic imine (C=N–C) groups is 1. The molecule has 0 fully saturated rings. The van der Waals surface area contributed by atoms with Gasteiger partial charge in [0, 0.05) is 13.0 Å². The van der Waals surface area contributed by atoms with Crippen LogP contribution in [0.3, 0.4) is 0 Å². The lowest BCUT2D eigenvalue weighted by atomic mass is 9.93. The topological polar surface area (TPSA) is 36.1 Å². The number of rotatable bonds is 1. The van der Waals surface area contributed by atoms with E-state index in [9.17, 15) is 0 Å². The van der Waals surface area contributed by atoms with Crippen molar-refractivity contribution in [2.24, 2.45) is 16.8 Å². The molecule has 1 aliphatic rings. The van der Waals surface area contributed by atoms with E-state index in [1.807, 2.05) is 18.2 Å². The largest absolute Gasteiger partial charge is 0.281 e. The summed E-state index contributed by atoms with van der Waals surface area (Å²) in [5, 5.41) is 8.82. The molecule has 0 aromatic rings. The molecule has 0 saturated carbocycles. The highest BCUT2D eigenvalue weighted by Gasteiger charge is 2.15. The van der Waals surface area contributed by atoms with E-state index in [1.165, 1.54) is 0 Å². The van der Waals surface area contributed by atoms with Crippen LogP contribution in [0.2, 0.25) is 0 Å². The van der Waals surface area contributed by atoms with Crippen molar-refractivity contribution in [3.05, 3.63) is 24.3 Å². The molecule has 0 amide bonds. The van der Waals surface area contributed by atoms with Crippen molar-refractivity contribution in [3.8, 4) is 6.07 Å². The Morgan fingerprint density at radius 2 is 2.15 bits per heavy atom. The summed E-state index contributed by atoms with van der Waals surface area (Å²) in [7, 11) is 1.68. The highest BCUT2D eigenvalue weighted by atomic mass is 14.7. The minimum Gasteiger partial charge on any atom is -0.281 e. The molecule has 2 heteroatoms. The Hall–Kier alpha value is -1.36. The zero-order valence-corrected chi connectivity index (χ0v) is 8.07. The highest BCUT2D eigenvalue weighted by molar-refractivity contribution is 6.01. The molecule has 0 N–H and O–H groups in total. The molecule has 68 valence electrons. The Morgan fingerprint density at radius 3 is 2.77 bits per heavy atom. The number of nitriles is 1. The quantitative estimate of drug-likeness (QED) is 0.562. The number of nitrogens with zero attached hydrogens (tertiary/aromatic N) is 2. The highest BCUT2D eigenvalue weighted by Crippen LogP contribution is 2.19. The number of allylic oxidation sites excluding steroid dienone is 4. The minimum atomic E-state index is 0.194. The molecule has 1 unspecified atom stereocenters. The minimum absolute atomic E-state index is 0.194. The zero-order chi connectivity index (χ0) is 9.68. The van der Waals surface area contributed by atoms with Crippen LogP contribution in [0.5, 0.6) is 0 Å². The van der Waals surface area contributed by atoms with Crippen molar-refractivity contribution in [2.45, 2.75) is 13.3 Å². The SMILES string of the molecule is CN=C(C#N)[C@H]1C=CC=CC(C)C1. The zero-order valence-electron chi connectivity index (χ0n) is 8.07. The molecule has 13 heavy (non-hydrogen) atoms. The first-order chi connectivity index (χ1) is 6.27. The Balaban J connectivity index is 2.78. The molecule has 0 aromatic carbocycles. The third-order valence-electron chi connectivity index (χ3n) is 2.23. The number of hydrogen-bond donors (Lipinski definition) is 0. The molecular formula is C11H14N2. The van der Waals surface area contributed by atoms with Crippen LogP contribution in [-0.4, -0.2) is 12.8 Å². The van der Waals surface area contributed by atoms with Crippen molar-refractivity contribution in [1.82, 2.24) is 0 Å². The lowest BCUT2D eigenvalue weighted by molar-refractivity contribution is 0.606. The molecule has 1 aliphatic carbocycles. The van der Waals surface area contributed by atoms with Crippen molar-refractivity contribution in [2.75, 3.05) is 7.05 Å².